The number of halogens is 1. The second kappa shape index (κ2) is 7.26. The van der Waals surface area contributed by atoms with Gasteiger partial charge in [-0.25, -0.2) is 4.68 Å². The van der Waals surface area contributed by atoms with Gasteiger partial charge in [0.1, 0.15) is 17.9 Å². The molecule has 0 unspecified atom stereocenters. The fourth-order valence-corrected chi connectivity index (χ4v) is 4.62. The molecule has 144 valence electrons. The lowest BCUT2D eigenvalue weighted by atomic mass is 10.1. The van der Waals surface area contributed by atoms with Gasteiger partial charge in [0.2, 0.25) is 5.91 Å². The summed E-state index contributed by atoms with van der Waals surface area (Å²) < 4.78 is 10.1. The molecule has 1 N–H and O–H groups in total. The molecule has 3 aromatic heterocycles. The summed E-state index contributed by atoms with van der Waals surface area (Å²) in [7, 11) is 0. The van der Waals surface area contributed by atoms with E-state index in [1.54, 1.807) is 0 Å². The first-order chi connectivity index (χ1) is 12.9. The summed E-state index contributed by atoms with van der Waals surface area (Å²) in [5.41, 5.74) is 1.11. The molecule has 7 nitrogen and oxygen atoms in total. The van der Waals surface area contributed by atoms with E-state index in [1.165, 1.54) is 16.0 Å². The highest BCUT2D eigenvalue weighted by Gasteiger charge is 2.21. The summed E-state index contributed by atoms with van der Waals surface area (Å²) in [4.78, 5) is 25.4. The number of hydrogen-bond donors (Lipinski definition) is 1. The maximum absolute atomic E-state index is 12.9. The Morgan fingerprint density at radius 1 is 1.44 bits per heavy atom. The van der Waals surface area contributed by atoms with Crippen LogP contribution in [0.5, 0.6) is 0 Å². The van der Waals surface area contributed by atoms with Crippen LogP contribution in [0, 0.1) is 0 Å². The number of fused-ring (bicyclic) bond motifs is 3. The fourth-order valence-electron chi connectivity index (χ4n) is 3.46. The molecule has 3 aromatic rings. The van der Waals surface area contributed by atoms with Crippen molar-refractivity contribution in [3.05, 3.63) is 32.6 Å². The molecule has 0 radical (unpaired) electrons. The molecule has 1 aliphatic rings. The Labute approximate surface area is 164 Å². The van der Waals surface area contributed by atoms with E-state index in [9.17, 15) is 9.59 Å². The van der Waals surface area contributed by atoms with Crippen LogP contribution in [0.25, 0.3) is 15.7 Å². The third-order valence-corrected chi connectivity index (χ3v) is 5.90. The zero-order chi connectivity index (χ0) is 19.1. The molecule has 0 aromatic carbocycles. The maximum atomic E-state index is 12.9. The average molecular weight is 409 g/mol. The van der Waals surface area contributed by atoms with Gasteiger partial charge in [0.15, 0.2) is 0 Å². The van der Waals surface area contributed by atoms with Crippen LogP contribution < -0.4 is 10.9 Å². The first kappa shape index (κ1) is 18.5. The summed E-state index contributed by atoms with van der Waals surface area (Å²) in [5, 5.41) is 7.44. The summed E-state index contributed by atoms with van der Waals surface area (Å²) in [6.07, 6.45) is 1.82. The van der Waals surface area contributed by atoms with E-state index in [2.05, 4.69) is 10.4 Å². The molecule has 9 heteroatoms. The first-order valence-corrected chi connectivity index (χ1v) is 10.2. The molecule has 1 fully saturated rings. The number of thiophene rings is 1. The number of aromatic nitrogens is 3. The Hall–Kier alpha value is -1.90. The largest absolute Gasteiger partial charge is 0.379 e. The first-order valence-electron chi connectivity index (χ1n) is 9.02. The Balaban J connectivity index is 1.71. The standard InChI is InChI=1S/C18H21ClN4O3S/c1-10(2)17-21-22(8-16(24)20-11-4-3-5-26-9-11)18(25)13-6-14-12(23(13)17)7-15(19)27-14/h6-7,10-11H,3-5,8-9H2,1-2H3,(H,20,24)/t11-/m1/s1. The Bertz CT molecular complexity index is 1060. The number of amides is 1. The summed E-state index contributed by atoms with van der Waals surface area (Å²) >= 11 is 7.55. The molecular weight excluding hydrogens is 388 g/mol. The van der Waals surface area contributed by atoms with Crippen molar-refractivity contribution in [2.45, 2.75) is 45.2 Å². The van der Waals surface area contributed by atoms with Crippen LogP contribution in [-0.4, -0.2) is 39.3 Å². The van der Waals surface area contributed by atoms with Crippen LogP contribution in [0.1, 0.15) is 38.4 Å². The van der Waals surface area contributed by atoms with Crippen molar-refractivity contribution >= 4 is 44.6 Å². The van der Waals surface area contributed by atoms with Crippen molar-refractivity contribution in [1.29, 1.82) is 0 Å². The third-order valence-electron chi connectivity index (χ3n) is 4.70. The number of rotatable bonds is 4. The van der Waals surface area contributed by atoms with Gasteiger partial charge in [-0.3, -0.25) is 14.0 Å². The van der Waals surface area contributed by atoms with Crippen LogP contribution >= 0.6 is 22.9 Å². The zero-order valence-electron chi connectivity index (χ0n) is 15.2. The van der Waals surface area contributed by atoms with E-state index in [0.717, 1.165) is 35.5 Å². The minimum Gasteiger partial charge on any atom is -0.379 e. The van der Waals surface area contributed by atoms with Crippen LogP contribution in [0.2, 0.25) is 4.34 Å². The lowest BCUT2D eigenvalue weighted by Crippen LogP contribution is -2.43. The molecule has 1 amide bonds. The van der Waals surface area contributed by atoms with E-state index < -0.39 is 0 Å². The van der Waals surface area contributed by atoms with Gasteiger partial charge in [-0.15, -0.1) is 11.3 Å². The molecule has 1 atom stereocenters. The molecular formula is C18H21ClN4O3S. The topological polar surface area (TPSA) is 77.6 Å². The van der Waals surface area contributed by atoms with Crippen molar-refractivity contribution in [2.75, 3.05) is 13.2 Å². The van der Waals surface area contributed by atoms with Crippen LogP contribution in [0.3, 0.4) is 0 Å². The second-order valence-electron chi connectivity index (χ2n) is 7.12. The molecule has 0 aliphatic carbocycles. The summed E-state index contributed by atoms with van der Waals surface area (Å²) in [6.45, 7) is 5.16. The second-order valence-corrected chi connectivity index (χ2v) is 8.84. The number of ether oxygens (including phenoxy) is 1. The van der Waals surface area contributed by atoms with Gasteiger partial charge in [-0.2, -0.15) is 5.10 Å². The van der Waals surface area contributed by atoms with Crippen LogP contribution in [0.4, 0.5) is 0 Å². The number of nitrogens with zero attached hydrogens (tertiary/aromatic N) is 3. The highest BCUT2D eigenvalue weighted by atomic mass is 35.5. The van der Waals surface area contributed by atoms with Crippen molar-refractivity contribution < 1.29 is 9.53 Å². The molecule has 4 heterocycles. The number of carbonyl (C=O) groups excluding carboxylic acids is 1. The van der Waals surface area contributed by atoms with Crippen molar-refractivity contribution in [3.63, 3.8) is 0 Å². The predicted molar refractivity (Wildman–Crippen MR) is 106 cm³/mol. The Morgan fingerprint density at radius 2 is 2.26 bits per heavy atom. The highest BCUT2D eigenvalue weighted by molar-refractivity contribution is 7.22. The lowest BCUT2D eigenvalue weighted by Gasteiger charge is -2.23. The van der Waals surface area contributed by atoms with Gasteiger partial charge in [0, 0.05) is 12.5 Å². The molecule has 0 saturated carbocycles. The van der Waals surface area contributed by atoms with E-state index >= 15 is 0 Å². The van der Waals surface area contributed by atoms with Crippen LogP contribution in [-0.2, 0) is 16.1 Å². The molecule has 4 rings (SSSR count). The zero-order valence-corrected chi connectivity index (χ0v) is 16.8. The van der Waals surface area contributed by atoms with E-state index in [0.29, 0.717) is 16.5 Å². The number of carbonyl (C=O) groups is 1. The van der Waals surface area contributed by atoms with E-state index in [-0.39, 0.29) is 30.0 Å². The van der Waals surface area contributed by atoms with E-state index in [4.69, 9.17) is 16.3 Å². The van der Waals surface area contributed by atoms with Crippen molar-refractivity contribution in [2.24, 2.45) is 0 Å². The van der Waals surface area contributed by atoms with Gasteiger partial charge in [-0.1, -0.05) is 25.4 Å². The molecule has 0 bridgehead atoms. The SMILES string of the molecule is CC(C)c1nn(CC(=O)N[C@@H]2CCCOC2)c(=O)c2cc3sc(Cl)cc3n12. The number of hydrogen-bond acceptors (Lipinski definition) is 5. The Kier molecular flexibility index (Phi) is 4.96. The minimum absolute atomic E-state index is 0.00367. The Morgan fingerprint density at radius 3 is 2.96 bits per heavy atom. The molecule has 1 aliphatic heterocycles. The van der Waals surface area contributed by atoms with Gasteiger partial charge >= 0.3 is 0 Å². The van der Waals surface area contributed by atoms with Crippen LogP contribution in [0.15, 0.2) is 16.9 Å². The monoisotopic (exact) mass is 408 g/mol. The maximum Gasteiger partial charge on any atom is 0.291 e. The molecule has 0 spiro atoms. The highest BCUT2D eigenvalue weighted by Crippen LogP contribution is 2.32. The minimum atomic E-state index is -0.283. The van der Waals surface area contributed by atoms with Crippen molar-refractivity contribution in [3.8, 4) is 0 Å². The van der Waals surface area contributed by atoms with Gasteiger partial charge in [-0.05, 0) is 25.0 Å². The van der Waals surface area contributed by atoms with E-state index in [1.807, 2.05) is 30.4 Å². The third kappa shape index (κ3) is 3.49. The van der Waals surface area contributed by atoms with Gasteiger partial charge < -0.3 is 10.1 Å². The lowest BCUT2D eigenvalue weighted by molar-refractivity contribution is -0.123. The predicted octanol–water partition coefficient (Wildman–Crippen LogP) is 2.78. The quantitative estimate of drug-likeness (QED) is 0.720. The normalized spacial score (nSPS) is 17.9. The van der Waals surface area contributed by atoms with Gasteiger partial charge in [0.25, 0.3) is 5.56 Å². The smallest absolute Gasteiger partial charge is 0.291 e. The summed E-state index contributed by atoms with van der Waals surface area (Å²) in [6, 6.07) is 3.67. The molecule has 1 saturated heterocycles. The fraction of sp³-hybridized carbons (Fsp3) is 0.500. The average Bonchev–Trinajstić information content (AvgIpc) is 3.14. The van der Waals surface area contributed by atoms with Crippen molar-refractivity contribution in [1.82, 2.24) is 19.5 Å². The summed E-state index contributed by atoms with van der Waals surface area (Å²) in [5.74, 6) is 0.571. The molecule has 27 heavy (non-hydrogen) atoms. The van der Waals surface area contributed by atoms with Gasteiger partial charge in [0.05, 0.1) is 27.2 Å². The number of nitrogens with one attached hydrogen (secondary N) is 1.